The Balaban J connectivity index is 0.973. The molecule has 5 aliphatic rings. The monoisotopic (exact) mass is 723 g/mol. The number of nitrogens with one attached hydrogen (secondary N) is 2. The number of hydrogen-bond acceptors (Lipinski definition) is 9. The standard InChI is InChI=1S/C39H39ClFN7O4/c1-51-36-29(17-47-18-38(19-47)13-11-31(49)45-38)42-16-28(44-36)25-7-3-5-23(34(25)40)24-6-4-8-26(35(24)41)27-15-22-9-10-30(33(22)37(43-27)52-2)48-20-39(21-48)14-12-32(50)46-39/h3-8,15-16,30H,9-14,17-21H2,1-2H3,(H,45,49)(H,46,50). The van der Waals surface area contributed by atoms with E-state index in [1.165, 1.54) is 0 Å². The van der Waals surface area contributed by atoms with Gasteiger partial charge in [-0.1, -0.05) is 41.9 Å². The zero-order valence-electron chi connectivity index (χ0n) is 29.1. The molecule has 2 amide bonds. The van der Waals surface area contributed by atoms with E-state index in [9.17, 15) is 9.59 Å². The fourth-order valence-corrected chi connectivity index (χ4v) is 9.35. The number of aromatic nitrogens is 3. The number of nitrogens with zero attached hydrogens (tertiary/aromatic N) is 5. The van der Waals surface area contributed by atoms with Crippen molar-refractivity contribution in [3.8, 4) is 45.4 Å². The Morgan fingerprint density at radius 2 is 1.48 bits per heavy atom. The Labute approximate surface area is 305 Å². The Bertz CT molecular complexity index is 2130. The van der Waals surface area contributed by atoms with Crippen molar-refractivity contribution in [2.24, 2.45) is 0 Å². The maximum absolute atomic E-state index is 16.6. The molecule has 1 atom stereocenters. The smallest absolute Gasteiger partial charge is 0.237 e. The third kappa shape index (κ3) is 5.50. The van der Waals surface area contributed by atoms with E-state index in [2.05, 4.69) is 20.4 Å². The fraction of sp³-hybridized carbons (Fsp3) is 0.410. The second-order valence-electron chi connectivity index (χ2n) is 14.9. The van der Waals surface area contributed by atoms with Gasteiger partial charge in [0.05, 0.1) is 47.9 Å². The summed E-state index contributed by atoms with van der Waals surface area (Å²) < 4.78 is 28.1. The van der Waals surface area contributed by atoms with Gasteiger partial charge >= 0.3 is 0 Å². The van der Waals surface area contributed by atoms with Gasteiger partial charge in [0.2, 0.25) is 23.6 Å². The summed E-state index contributed by atoms with van der Waals surface area (Å²) in [6.45, 7) is 3.70. The van der Waals surface area contributed by atoms with E-state index >= 15 is 4.39 Å². The van der Waals surface area contributed by atoms with Crippen LogP contribution in [0.5, 0.6) is 11.8 Å². The molecule has 11 nitrogen and oxygen atoms in total. The van der Waals surface area contributed by atoms with Gasteiger partial charge in [-0.3, -0.25) is 24.4 Å². The summed E-state index contributed by atoms with van der Waals surface area (Å²) in [7, 11) is 3.17. The van der Waals surface area contributed by atoms with Crippen molar-refractivity contribution in [3.05, 3.63) is 76.3 Å². The van der Waals surface area contributed by atoms with E-state index < -0.39 is 5.82 Å². The highest BCUT2D eigenvalue weighted by Gasteiger charge is 2.51. The minimum atomic E-state index is -0.433. The molecular formula is C39H39ClFN7O4. The Hall–Kier alpha value is -4.65. The van der Waals surface area contributed by atoms with Gasteiger partial charge in [-0.2, -0.15) is 0 Å². The van der Waals surface area contributed by atoms with Gasteiger partial charge < -0.3 is 20.1 Å². The number of fused-ring (bicyclic) bond motifs is 1. The molecule has 4 aliphatic heterocycles. The van der Waals surface area contributed by atoms with Gasteiger partial charge in [0.1, 0.15) is 11.5 Å². The maximum Gasteiger partial charge on any atom is 0.237 e. The van der Waals surface area contributed by atoms with E-state index in [0.717, 1.165) is 63.0 Å². The van der Waals surface area contributed by atoms with Crippen LogP contribution in [0.4, 0.5) is 4.39 Å². The highest BCUT2D eigenvalue weighted by atomic mass is 35.5. The summed E-state index contributed by atoms with van der Waals surface area (Å²) in [5.41, 5.74) is 5.44. The topological polar surface area (TPSA) is 122 Å². The molecule has 0 radical (unpaired) electrons. The van der Waals surface area contributed by atoms with Crippen LogP contribution in [0.25, 0.3) is 33.6 Å². The first-order chi connectivity index (χ1) is 25.2. The molecule has 4 fully saturated rings. The van der Waals surface area contributed by atoms with Crippen molar-refractivity contribution in [1.82, 2.24) is 35.4 Å². The van der Waals surface area contributed by atoms with Crippen LogP contribution in [0, 0.1) is 5.82 Å². The third-order valence-electron chi connectivity index (χ3n) is 11.5. The predicted octanol–water partition coefficient (Wildman–Crippen LogP) is 5.10. The van der Waals surface area contributed by atoms with Gasteiger partial charge in [-0.25, -0.2) is 14.4 Å². The number of pyridine rings is 1. The van der Waals surface area contributed by atoms with Crippen LogP contribution >= 0.6 is 11.6 Å². The Kier molecular flexibility index (Phi) is 7.98. The molecule has 6 heterocycles. The van der Waals surface area contributed by atoms with Gasteiger partial charge in [0.15, 0.2) is 0 Å². The number of carbonyl (C=O) groups is 2. The highest BCUT2D eigenvalue weighted by molar-refractivity contribution is 6.36. The molecule has 268 valence electrons. The number of amides is 2. The molecular weight excluding hydrogens is 685 g/mol. The molecule has 2 spiro atoms. The lowest BCUT2D eigenvalue weighted by Gasteiger charge is -2.50. The molecule has 2 aromatic heterocycles. The van der Waals surface area contributed by atoms with Crippen molar-refractivity contribution in [3.63, 3.8) is 0 Å². The predicted molar refractivity (Wildman–Crippen MR) is 192 cm³/mol. The first-order valence-electron chi connectivity index (χ1n) is 17.8. The van der Waals surface area contributed by atoms with Crippen LogP contribution in [0.15, 0.2) is 48.7 Å². The number of methoxy groups -OCH3 is 2. The third-order valence-corrected chi connectivity index (χ3v) is 11.9. The molecule has 9 rings (SSSR count). The van der Waals surface area contributed by atoms with Crippen LogP contribution in [-0.2, 0) is 22.6 Å². The van der Waals surface area contributed by atoms with E-state index in [-0.39, 0.29) is 28.9 Å². The lowest BCUT2D eigenvalue weighted by molar-refractivity contribution is -0.121. The van der Waals surface area contributed by atoms with E-state index in [1.54, 1.807) is 38.6 Å². The number of carbonyl (C=O) groups excluding carboxylic acids is 2. The lowest BCUT2D eigenvalue weighted by Crippen LogP contribution is -2.67. The molecule has 1 unspecified atom stereocenters. The summed E-state index contributed by atoms with van der Waals surface area (Å²) >= 11 is 7.04. The summed E-state index contributed by atoms with van der Waals surface area (Å²) in [5.74, 6) is 0.703. The highest BCUT2D eigenvalue weighted by Crippen LogP contribution is 2.47. The molecule has 0 bridgehead atoms. The number of likely N-dealkylation sites (tertiary alicyclic amines) is 2. The van der Waals surface area contributed by atoms with Crippen molar-refractivity contribution in [1.29, 1.82) is 0 Å². The Morgan fingerprint density at radius 1 is 0.846 bits per heavy atom. The van der Waals surface area contributed by atoms with Crippen molar-refractivity contribution < 1.29 is 23.5 Å². The summed E-state index contributed by atoms with van der Waals surface area (Å²) in [5, 5.41) is 6.62. The normalized spacial score (nSPS) is 21.5. The number of hydrogen-bond donors (Lipinski definition) is 2. The van der Waals surface area contributed by atoms with Crippen molar-refractivity contribution in [2.75, 3.05) is 40.4 Å². The largest absolute Gasteiger partial charge is 0.481 e. The average Bonchev–Trinajstić information content (AvgIpc) is 3.84. The summed E-state index contributed by atoms with van der Waals surface area (Å²) in [6, 6.07) is 12.8. The van der Waals surface area contributed by atoms with Gasteiger partial charge in [0.25, 0.3) is 0 Å². The van der Waals surface area contributed by atoms with Crippen molar-refractivity contribution >= 4 is 23.4 Å². The van der Waals surface area contributed by atoms with E-state index in [0.29, 0.717) is 75.5 Å². The number of halogens is 2. The molecule has 2 N–H and O–H groups in total. The SMILES string of the molecule is COc1nc(-c2cccc(-c3cccc(-c4cc5c(c(OC)n4)C(N4CC6(CCC(=O)N6)C4)CC5)c3F)c2Cl)cnc1CN1CC2(CCC(=O)N2)C1. The molecule has 1 aliphatic carbocycles. The minimum absolute atomic E-state index is 0.111. The molecule has 13 heteroatoms. The average molecular weight is 724 g/mol. The zero-order valence-corrected chi connectivity index (χ0v) is 29.9. The number of ether oxygens (including phenoxy) is 2. The second kappa shape index (κ2) is 12.5. The molecule has 0 saturated carbocycles. The Morgan fingerprint density at radius 3 is 2.15 bits per heavy atom. The van der Waals surface area contributed by atoms with Crippen LogP contribution in [0.1, 0.15) is 55.0 Å². The number of benzene rings is 2. The summed E-state index contributed by atoms with van der Waals surface area (Å²) in [4.78, 5) is 42.5. The molecule has 2 aromatic carbocycles. The second-order valence-corrected chi connectivity index (χ2v) is 15.3. The number of rotatable bonds is 8. The van der Waals surface area contributed by atoms with Crippen molar-refractivity contribution in [2.45, 2.75) is 62.2 Å². The first-order valence-corrected chi connectivity index (χ1v) is 18.2. The van der Waals surface area contributed by atoms with E-state index in [1.807, 2.05) is 24.3 Å². The summed E-state index contributed by atoms with van der Waals surface area (Å²) in [6.07, 6.45) is 6.29. The van der Waals surface area contributed by atoms with Crippen LogP contribution in [-0.4, -0.2) is 88.0 Å². The molecule has 52 heavy (non-hydrogen) atoms. The zero-order chi connectivity index (χ0) is 35.8. The van der Waals surface area contributed by atoms with Crippen LogP contribution < -0.4 is 20.1 Å². The fourth-order valence-electron chi connectivity index (χ4n) is 9.02. The quantitative estimate of drug-likeness (QED) is 0.256. The number of aryl methyl sites for hydroxylation is 1. The van der Waals surface area contributed by atoms with Gasteiger partial charge in [0, 0.05) is 79.4 Å². The van der Waals surface area contributed by atoms with E-state index in [4.69, 9.17) is 36.0 Å². The first kappa shape index (κ1) is 33.2. The lowest BCUT2D eigenvalue weighted by atomic mass is 9.86. The maximum atomic E-state index is 16.6. The van der Waals surface area contributed by atoms with Gasteiger partial charge in [-0.05, 0) is 43.4 Å². The van der Waals surface area contributed by atoms with Crippen LogP contribution in [0.2, 0.25) is 5.02 Å². The molecule has 4 aromatic rings. The minimum Gasteiger partial charge on any atom is -0.481 e. The molecule has 4 saturated heterocycles. The van der Waals surface area contributed by atoms with Crippen LogP contribution in [0.3, 0.4) is 0 Å². The van der Waals surface area contributed by atoms with Gasteiger partial charge in [-0.15, -0.1) is 0 Å².